The van der Waals surface area contributed by atoms with Crippen LogP contribution in [-0.4, -0.2) is 17.3 Å². The number of rotatable bonds is 2. The Hall–Kier alpha value is -2.00. The molecule has 0 heterocycles. The van der Waals surface area contributed by atoms with Gasteiger partial charge in [0.1, 0.15) is 0 Å². The highest BCUT2D eigenvalue weighted by atomic mass is 32.2. The Kier molecular flexibility index (Phi) is 5.04. The molecule has 1 amide bonds. The zero-order valence-electron chi connectivity index (χ0n) is 9.52. The van der Waals surface area contributed by atoms with Crippen LogP contribution in [0.25, 0.3) is 0 Å². The third-order valence-corrected chi connectivity index (χ3v) is 2.35. The summed E-state index contributed by atoms with van der Waals surface area (Å²) in [6, 6.07) is 7.04. The molecule has 88 valence electrons. The minimum absolute atomic E-state index is 0.114. The molecule has 1 aromatic carbocycles. The molecule has 0 bridgehead atoms. The van der Waals surface area contributed by atoms with Gasteiger partial charge in [-0.2, -0.15) is 5.26 Å². The summed E-state index contributed by atoms with van der Waals surface area (Å²) in [6.07, 6.45) is 3.65. The van der Waals surface area contributed by atoms with E-state index in [0.717, 1.165) is 5.69 Å². The molecule has 0 atom stereocenters. The van der Waals surface area contributed by atoms with Crippen molar-refractivity contribution < 1.29 is 4.79 Å². The lowest BCUT2D eigenvalue weighted by Gasteiger charge is -2.03. The quantitative estimate of drug-likeness (QED) is 0.363. The zero-order chi connectivity index (χ0) is 12.7. The molecule has 0 saturated carbocycles. The van der Waals surface area contributed by atoms with Gasteiger partial charge < -0.3 is 5.32 Å². The molecule has 0 aliphatic rings. The van der Waals surface area contributed by atoms with Gasteiger partial charge in [-0.15, -0.1) is 0 Å². The summed E-state index contributed by atoms with van der Waals surface area (Å²) in [5.74, 6) is -0.114. The number of amidine groups is 1. The maximum absolute atomic E-state index is 10.8. The van der Waals surface area contributed by atoms with Crippen molar-refractivity contribution in [2.75, 3.05) is 11.6 Å². The molecule has 0 aromatic heterocycles. The van der Waals surface area contributed by atoms with Gasteiger partial charge in [0.15, 0.2) is 11.4 Å². The zero-order valence-corrected chi connectivity index (χ0v) is 10.3. The number of carbonyl (C=O) groups excluding carboxylic acids is 1. The highest BCUT2D eigenvalue weighted by Crippen LogP contribution is 2.17. The largest absolute Gasteiger partial charge is 0.326 e. The van der Waals surface area contributed by atoms with E-state index in [-0.39, 0.29) is 5.91 Å². The van der Waals surface area contributed by atoms with Gasteiger partial charge in [-0.1, -0.05) is 11.8 Å². The predicted molar refractivity (Wildman–Crippen MR) is 70.1 cm³/mol. The van der Waals surface area contributed by atoms with Gasteiger partial charge in [0, 0.05) is 12.6 Å². The summed E-state index contributed by atoms with van der Waals surface area (Å²) in [4.78, 5) is 15.0. The van der Waals surface area contributed by atoms with Crippen LogP contribution in [0.1, 0.15) is 6.92 Å². The van der Waals surface area contributed by atoms with Gasteiger partial charge in [0.05, 0.1) is 5.69 Å². The molecule has 0 unspecified atom stereocenters. The van der Waals surface area contributed by atoms with E-state index < -0.39 is 0 Å². The van der Waals surface area contributed by atoms with Crippen LogP contribution in [0.5, 0.6) is 0 Å². The highest BCUT2D eigenvalue weighted by Gasteiger charge is 1.98. The van der Waals surface area contributed by atoms with Gasteiger partial charge in [0.25, 0.3) is 0 Å². The number of hydrogen-bond acceptors (Lipinski definition) is 4. The molecule has 0 radical (unpaired) electrons. The minimum atomic E-state index is -0.114. The molecule has 0 saturated heterocycles. The number of nitrogens with zero attached hydrogens (tertiary/aromatic N) is 2. The van der Waals surface area contributed by atoms with Crippen molar-refractivity contribution in [1.82, 2.24) is 5.32 Å². The summed E-state index contributed by atoms with van der Waals surface area (Å²) < 4.78 is 0. The number of amides is 1. The van der Waals surface area contributed by atoms with Gasteiger partial charge in [-0.25, -0.2) is 4.99 Å². The van der Waals surface area contributed by atoms with Gasteiger partial charge in [0.2, 0.25) is 5.91 Å². The van der Waals surface area contributed by atoms with E-state index in [1.807, 2.05) is 12.4 Å². The van der Waals surface area contributed by atoms with E-state index in [0.29, 0.717) is 10.9 Å². The average molecular weight is 248 g/mol. The first-order chi connectivity index (χ1) is 8.15. The van der Waals surface area contributed by atoms with Gasteiger partial charge in [-0.05, 0) is 30.5 Å². The van der Waals surface area contributed by atoms with Crippen LogP contribution in [0.4, 0.5) is 11.4 Å². The van der Waals surface area contributed by atoms with Crippen molar-refractivity contribution >= 4 is 34.2 Å². The molecule has 0 fully saturated rings. The Morgan fingerprint density at radius 3 is 2.53 bits per heavy atom. The van der Waals surface area contributed by atoms with Crippen LogP contribution < -0.4 is 10.6 Å². The summed E-state index contributed by atoms with van der Waals surface area (Å²) in [5, 5.41) is 14.2. The number of nitriles is 1. The lowest BCUT2D eigenvalue weighted by Crippen LogP contribution is -2.12. The molecule has 2 N–H and O–H groups in total. The lowest BCUT2D eigenvalue weighted by molar-refractivity contribution is -0.114. The molecule has 1 rings (SSSR count). The fourth-order valence-electron chi connectivity index (χ4n) is 1.11. The van der Waals surface area contributed by atoms with Crippen molar-refractivity contribution in [2.45, 2.75) is 6.92 Å². The SMILES string of the molecule is CSC(=Nc1ccc(NC(C)=O)cc1)NC#N. The van der Waals surface area contributed by atoms with Crippen LogP contribution >= 0.6 is 11.8 Å². The first-order valence-electron chi connectivity index (χ1n) is 4.81. The van der Waals surface area contributed by atoms with E-state index in [1.54, 1.807) is 24.3 Å². The van der Waals surface area contributed by atoms with Crippen LogP contribution in [0.3, 0.4) is 0 Å². The Morgan fingerprint density at radius 1 is 1.41 bits per heavy atom. The Bertz CT molecular complexity index is 461. The van der Waals surface area contributed by atoms with Crippen molar-refractivity contribution in [3.63, 3.8) is 0 Å². The normalized spacial score (nSPS) is 10.5. The molecule has 5 nitrogen and oxygen atoms in total. The second-order valence-corrected chi connectivity index (χ2v) is 3.88. The van der Waals surface area contributed by atoms with Crippen molar-refractivity contribution in [3.8, 4) is 6.19 Å². The Balaban J connectivity index is 2.80. The van der Waals surface area contributed by atoms with E-state index in [1.165, 1.54) is 18.7 Å². The second-order valence-electron chi connectivity index (χ2n) is 3.09. The Labute approximate surface area is 104 Å². The van der Waals surface area contributed by atoms with E-state index in [2.05, 4.69) is 15.6 Å². The average Bonchev–Trinajstić information content (AvgIpc) is 2.30. The summed E-state index contributed by atoms with van der Waals surface area (Å²) in [5.41, 5.74) is 1.43. The van der Waals surface area contributed by atoms with Gasteiger partial charge in [-0.3, -0.25) is 10.1 Å². The number of nitrogens with one attached hydrogen (secondary N) is 2. The van der Waals surface area contributed by atoms with E-state index in [4.69, 9.17) is 5.26 Å². The molecule has 6 heteroatoms. The first kappa shape index (κ1) is 13.1. The van der Waals surface area contributed by atoms with Gasteiger partial charge >= 0.3 is 0 Å². The number of anilines is 1. The third-order valence-electron chi connectivity index (χ3n) is 1.77. The molecule has 17 heavy (non-hydrogen) atoms. The Morgan fingerprint density at radius 2 is 2.06 bits per heavy atom. The number of benzene rings is 1. The summed E-state index contributed by atoms with van der Waals surface area (Å²) in [6.45, 7) is 1.45. The van der Waals surface area contributed by atoms with Crippen molar-refractivity contribution in [2.24, 2.45) is 4.99 Å². The summed E-state index contributed by atoms with van der Waals surface area (Å²) >= 11 is 1.35. The van der Waals surface area contributed by atoms with Crippen LogP contribution in [0, 0.1) is 11.5 Å². The molecule has 0 spiro atoms. The summed E-state index contributed by atoms with van der Waals surface area (Å²) in [7, 11) is 0. The van der Waals surface area contributed by atoms with Crippen LogP contribution in [-0.2, 0) is 4.79 Å². The third kappa shape index (κ3) is 4.57. The minimum Gasteiger partial charge on any atom is -0.326 e. The highest BCUT2D eigenvalue weighted by molar-refractivity contribution is 8.13. The standard InChI is InChI=1S/C11H12N4OS/c1-8(16)14-9-3-5-10(6-4-9)15-11(17-2)13-7-12/h3-6H,1-2H3,(H,13,15)(H,14,16). The fraction of sp³-hybridized carbons (Fsp3) is 0.182. The number of thioether (sulfide) groups is 1. The van der Waals surface area contributed by atoms with Crippen LogP contribution in [0.2, 0.25) is 0 Å². The molecular formula is C11H12N4OS. The lowest BCUT2D eigenvalue weighted by atomic mass is 10.3. The maximum atomic E-state index is 10.8. The first-order valence-corrected chi connectivity index (χ1v) is 6.03. The predicted octanol–water partition coefficient (Wildman–Crippen LogP) is 2.07. The van der Waals surface area contributed by atoms with E-state index >= 15 is 0 Å². The molecule has 1 aromatic rings. The van der Waals surface area contributed by atoms with Crippen LogP contribution in [0.15, 0.2) is 29.3 Å². The number of hydrogen-bond donors (Lipinski definition) is 2. The maximum Gasteiger partial charge on any atom is 0.221 e. The number of aliphatic imine (C=N–C) groups is 1. The topological polar surface area (TPSA) is 77.3 Å². The second kappa shape index (κ2) is 6.55. The monoisotopic (exact) mass is 248 g/mol. The molecular weight excluding hydrogens is 236 g/mol. The van der Waals surface area contributed by atoms with Crippen molar-refractivity contribution in [1.29, 1.82) is 5.26 Å². The molecule has 0 aliphatic heterocycles. The van der Waals surface area contributed by atoms with E-state index in [9.17, 15) is 4.79 Å². The number of carbonyl (C=O) groups is 1. The smallest absolute Gasteiger partial charge is 0.221 e. The molecule has 0 aliphatic carbocycles. The fourth-order valence-corrected chi connectivity index (χ4v) is 1.46. The van der Waals surface area contributed by atoms with Crippen molar-refractivity contribution in [3.05, 3.63) is 24.3 Å².